The number of unbranched alkanes of at least 4 members (excludes halogenated alkanes) is 4. The lowest BCUT2D eigenvalue weighted by molar-refractivity contribution is 0.516. The van der Waals surface area contributed by atoms with Crippen molar-refractivity contribution in [1.82, 2.24) is 5.32 Å². The van der Waals surface area contributed by atoms with E-state index in [0.29, 0.717) is 6.04 Å². The van der Waals surface area contributed by atoms with Crippen molar-refractivity contribution < 1.29 is 0 Å². The van der Waals surface area contributed by atoms with Gasteiger partial charge in [-0.15, -0.1) is 11.3 Å². The van der Waals surface area contributed by atoms with Crippen molar-refractivity contribution in [3.63, 3.8) is 0 Å². The van der Waals surface area contributed by atoms with E-state index in [4.69, 9.17) is 0 Å². The second-order valence-corrected chi connectivity index (χ2v) is 5.59. The highest BCUT2D eigenvalue weighted by atomic mass is 32.1. The van der Waals surface area contributed by atoms with Crippen LogP contribution in [-0.2, 0) is 6.42 Å². The van der Waals surface area contributed by atoms with E-state index in [2.05, 4.69) is 36.7 Å². The summed E-state index contributed by atoms with van der Waals surface area (Å²) in [6.45, 7) is 5.73. The van der Waals surface area contributed by atoms with Crippen LogP contribution in [0.3, 0.4) is 0 Å². The Morgan fingerprint density at radius 2 is 2.06 bits per heavy atom. The summed E-state index contributed by atoms with van der Waals surface area (Å²) in [7, 11) is 0. The highest BCUT2D eigenvalue weighted by Crippen LogP contribution is 2.11. The first-order chi connectivity index (χ1) is 7.83. The summed E-state index contributed by atoms with van der Waals surface area (Å²) in [4.78, 5) is 1.49. The predicted octanol–water partition coefficient (Wildman–Crippen LogP) is 4.24. The molecule has 0 radical (unpaired) electrons. The van der Waals surface area contributed by atoms with Crippen molar-refractivity contribution in [1.29, 1.82) is 0 Å². The van der Waals surface area contributed by atoms with E-state index in [9.17, 15) is 0 Å². The monoisotopic (exact) mass is 239 g/mol. The standard InChI is InChI=1S/C14H25NS/c1-3-4-5-6-7-10-15-13(2)12-14-9-8-11-16-14/h8-9,11,13,15H,3-7,10,12H2,1-2H3. The van der Waals surface area contributed by atoms with Gasteiger partial charge in [0.25, 0.3) is 0 Å². The van der Waals surface area contributed by atoms with E-state index in [0.717, 1.165) is 0 Å². The fourth-order valence-electron chi connectivity index (χ4n) is 1.88. The van der Waals surface area contributed by atoms with Crippen LogP contribution in [-0.4, -0.2) is 12.6 Å². The van der Waals surface area contributed by atoms with Crippen molar-refractivity contribution in [3.05, 3.63) is 22.4 Å². The molecule has 0 aliphatic rings. The van der Waals surface area contributed by atoms with Crippen molar-refractivity contribution in [2.75, 3.05) is 6.54 Å². The van der Waals surface area contributed by atoms with Crippen LogP contribution in [0.2, 0.25) is 0 Å². The van der Waals surface area contributed by atoms with Gasteiger partial charge in [0.1, 0.15) is 0 Å². The molecule has 2 heteroatoms. The summed E-state index contributed by atoms with van der Waals surface area (Å²) in [5, 5.41) is 5.76. The molecule has 0 aliphatic heterocycles. The molecule has 1 rings (SSSR count). The molecule has 0 amide bonds. The Morgan fingerprint density at radius 1 is 1.25 bits per heavy atom. The molecule has 92 valence electrons. The van der Waals surface area contributed by atoms with Gasteiger partial charge in [0.05, 0.1) is 0 Å². The Kier molecular flexibility index (Phi) is 7.52. The molecule has 1 N–H and O–H groups in total. The lowest BCUT2D eigenvalue weighted by Gasteiger charge is -2.12. The number of hydrogen-bond donors (Lipinski definition) is 1. The van der Waals surface area contributed by atoms with E-state index in [1.54, 1.807) is 0 Å². The number of nitrogens with one attached hydrogen (secondary N) is 1. The van der Waals surface area contributed by atoms with Crippen LogP contribution in [0.5, 0.6) is 0 Å². The van der Waals surface area contributed by atoms with E-state index in [1.165, 1.54) is 49.9 Å². The Morgan fingerprint density at radius 3 is 2.75 bits per heavy atom. The third-order valence-electron chi connectivity index (χ3n) is 2.86. The summed E-state index contributed by atoms with van der Waals surface area (Å²) < 4.78 is 0. The second kappa shape index (κ2) is 8.77. The summed E-state index contributed by atoms with van der Waals surface area (Å²) >= 11 is 1.86. The quantitative estimate of drug-likeness (QED) is 0.636. The molecule has 1 atom stereocenters. The van der Waals surface area contributed by atoms with Gasteiger partial charge in [0.2, 0.25) is 0 Å². The van der Waals surface area contributed by atoms with Gasteiger partial charge in [-0.1, -0.05) is 38.7 Å². The molecule has 0 aliphatic carbocycles. The van der Waals surface area contributed by atoms with E-state index in [-0.39, 0.29) is 0 Å². The minimum Gasteiger partial charge on any atom is -0.314 e. The minimum absolute atomic E-state index is 0.616. The normalized spacial score (nSPS) is 12.9. The van der Waals surface area contributed by atoms with Gasteiger partial charge in [-0.25, -0.2) is 0 Å². The summed E-state index contributed by atoms with van der Waals surface area (Å²) in [5.41, 5.74) is 0. The van der Waals surface area contributed by atoms with Gasteiger partial charge in [0, 0.05) is 10.9 Å². The maximum absolute atomic E-state index is 3.60. The Balaban J connectivity index is 1.96. The molecular formula is C14H25NS. The zero-order valence-corrected chi connectivity index (χ0v) is 11.5. The second-order valence-electron chi connectivity index (χ2n) is 4.55. The Bertz CT molecular complexity index is 243. The molecule has 0 fully saturated rings. The number of hydrogen-bond acceptors (Lipinski definition) is 2. The largest absolute Gasteiger partial charge is 0.314 e. The average Bonchev–Trinajstić information content (AvgIpc) is 2.76. The van der Waals surface area contributed by atoms with Crippen LogP contribution < -0.4 is 5.32 Å². The highest BCUT2D eigenvalue weighted by Gasteiger charge is 2.02. The lowest BCUT2D eigenvalue weighted by atomic mass is 10.1. The zero-order chi connectivity index (χ0) is 11.6. The van der Waals surface area contributed by atoms with Gasteiger partial charge >= 0.3 is 0 Å². The fourth-order valence-corrected chi connectivity index (χ4v) is 2.71. The lowest BCUT2D eigenvalue weighted by Crippen LogP contribution is -2.28. The van der Waals surface area contributed by atoms with E-state index < -0.39 is 0 Å². The maximum atomic E-state index is 3.60. The smallest absolute Gasteiger partial charge is 0.00870 e. The molecule has 0 bridgehead atoms. The van der Waals surface area contributed by atoms with Crippen LogP contribution in [0, 0.1) is 0 Å². The first-order valence-electron chi connectivity index (χ1n) is 6.58. The van der Waals surface area contributed by atoms with E-state index >= 15 is 0 Å². The molecule has 0 saturated carbocycles. The first-order valence-corrected chi connectivity index (χ1v) is 7.46. The summed E-state index contributed by atoms with van der Waals surface area (Å²) in [6, 6.07) is 4.98. The van der Waals surface area contributed by atoms with Crippen LogP contribution in [0.25, 0.3) is 0 Å². The number of rotatable bonds is 9. The SMILES string of the molecule is CCCCCCCNC(C)Cc1cccs1. The molecule has 1 unspecified atom stereocenters. The molecule has 1 nitrogen and oxygen atoms in total. The Hall–Kier alpha value is -0.340. The number of thiophene rings is 1. The topological polar surface area (TPSA) is 12.0 Å². The Labute approximate surface area is 104 Å². The third kappa shape index (κ3) is 6.29. The van der Waals surface area contributed by atoms with Crippen molar-refractivity contribution >= 4 is 11.3 Å². The van der Waals surface area contributed by atoms with E-state index in [1.807, 2.05) is 11.3 Å². The summed E-state index contributed by atoms with van der Waals surface area (Å²) in [6.07, 6.45) is 8.01. The predicted molar refractivity (Wildman–Crippen MR) is 74.2 cm³/mol. The maximum Gasteiger partial charge on any atom is 0.00870 e. The molecule has 0 saturated heterocycles. The van der Waals surface area contributed by atoms with Crippen LogP contribution in [0.1, 0.15) is 50.8 Å². The highest BCUT2D eigenvalue weighted by molar-refractivity contribution is 7.09. The van der Waals surface area contributed by atoms with Gasteiger partial charge in [0.15, 0.2) is 0 Å². The molecule has 1 heterocycles. The molecular weight excluding hydrogens is 214 g/mol. The van der Waals surface area contributed by atoms with Crippen molar-refractivity contribution in [2.24, 2.45) is 0 Å². The average molecular weight is 239 g/mol. The zero-order valence-electron chi connectivity index (χ0n) is 10.7. The van der Waals surface area contributed by atoms with Gasteiger partial charge < -0.3 is 5.32 Å². The van der Waals surface area contributed by atoms with Gasteiger partial charge in [-0.05, 0) is 37.8 Å². The first kappa shape index (κ1) is 13.7. The molecule has 16 heavy (non-hydrogen) atoms. The van der Waals surface area contributed by atoms with Crippen LogP contribution in [0.4, 0.5) is 0 Å². The summed E-state index contributed by atoms with van der Waals surface area (Å²) in [5.74, 6) is 0. The third-order valence-corrected chi connectivity index (χ3v) is 3.76. The molecule has 1 aromatic rings. The molecule has 0 spiro atoms. The molecule has 1 aromatic heterocycles. The fraction of sp³-hybridized carbons (Fsp3) is 0.714. The van der Waals surface area contributed by atoms with Gasteiger partial charge in [-0.2, -0.15) is 0 Å². The van der Waals surface area contributed by atoms with Crippen LogP contribution in [0.15, 0.2) is 17.5 Å². The molecule has 0 aromatic carbocycles. The van der Waals surface area contributed by atoms with Crippen molar-refractivity contribution in [3.8, 4) is 0 Å². The van der Waals surface area contributed by atoms with Crippen LogP contribution >= 0.6 is 11.3 Å². The van der Waals surface area contributed by atoms with Gasteiger partial charge in [-0.3, -0.25) is 0 Å². The minimum atomic E-state index is 0.616. The van der Waals surface area contributed by atoms with Crippen molar-refractivity contribution in [2.45, 2.75) is 58.4 Å².